The van der Waals surface area contributed by atoms with E-state index in [9.17, 15) is 14.4 Å². The molecule has 1 aromatic carbocycles. The van der Waals surface area contributed by atoms with Crippen LogP contribution in [0.15, 0.2) is 53.9 Å². The lowest BCUT2D eigenvalue weighted by Crippen LogP contribution is -2.43. The maximum Gasteiger partial charge on any atom is 0.331 e. The zero-order chi connectivity index (χ0) is 18.1. The van der Waals surface area contributed by atoms with Crippen LogP contribution in [-0.2, 0) is 25.5 Å². The van der Waals surface area contributed by atoms with Crippen molar-refractivity contribution in [3.8, 4) is 0 Å². The number of nitrogens with one attached hydrogen (secondary N) is 1. The van der Waals surface area contributed by atoms with Crippen molar-refractivity contribution in [3.63, 3.8) is 0 Å². The molecule has 5 nitrogen and oxygen atoms in total. The second kappa shape index (κ2) is 9.54. The normalized spacial score (nSPS) is 11.9. The number of rotatable bonds is 8. The van der Waals surface area contributed by atoms with Crippen LogP contribution in [0.25, 0.3) is 6.08 Å². The third-order valence-electron chi connectivity index (χ3n) is 3.38. The molecule has 0 saturated carbocycles. The highest BCUT2D eigenvalue weighted by Crippen LogP contribution is 2.10. The third kappa shape index (κ3) is 6.73. The minimum Gasteiger partial charge on any atom is -0.452 e. The van der Waals surface area contributed by atoms with Crippen LogP contribution in [0, 0.1) is 0 Å². The number of hydrogen-bond acceptors (Lipinski definition) is 5. The Morgan fingerprint density at radius 2 is 1.92 bits per heavy atom. The first-order valence-corrected chi connectivity index (χ1v) is 8.64. The topological polar surface area (TPSA) is 72.5 Å². The van der Waals surface area contributed by atoms with Gasteiger partial charge in [0.15, 0.2) is 12.4 Å². The molecule has 6 heteroatoms. The Balaban J connectivity index is 1.80. The Morgan fingerprint density at radius 3 is 2.56 bits per heavy atom. The summed E-state index contributed by atoms with van der Waals surface area (Å²) in [7, 11) is 0. The number of esters is 1. The number of Topliss-reactive ketones (excluding diaryl/α,β-unsaturated/α-hetero) is 1. The van der Waals surface area contributed by atoms with E-state index in [-0.39, 0.29) is 5.78 Å². The molecule has 1 aromatic heterocycles. The molecular weight excluding hydrogens is 338 g/mol. The van der Waals surface area contributed by atoms with Gasteiger partial charge in [0.2, 0.25) is 0 Å². The summed E-state index contributed by atoms with van der Waals surface area (Å²) in [4.78, 5) is 36.2. The molecule has 0 spiro atoms. The largest absolute Gasteiger partial charge is 0.452 e. The van der Waals surface area contributed by atoms with Crippen molar-refractivity contribution < 1.29 is 19.1 Å². The first kappa shape index (κ1) is 18.6. The van der Waals surface area contributed by atoms with E-state index >= 15 is 0 Å². The number of amides is 1. The molecule has 1 atom stereocenters. The summed E-state index contributed by atoms with van der Waals surface area (Å²) < 4.78 is 4.89. The third-order valence-corrected chi connectivity index (χ3v) is 4.22. The summed E-state index contributed by atoms with van der Waals surface area (Å²) in [5.41, 5.74) is 0.943. The van der Waals surface area contributed by atoms with Crippen LogP contribution < -0.4 is 5.32 Å². The standard InChI is InChI=1S/C19H19NO4S/c1-14(21)17(12-15-6-3-2-4-7-15)20-18(22)13-24-19(23)10-9-16-8-5-11-25-16/h2-11,17H,12-13H2,1H3,(H,20,22)/b10-9+/t17-/m0/s1. The van der Waals surface area contributed by atoms with E-state index in [4.69, 9.17) is 4.74 Å². The molecule has 1 heterocycles. The highest BCUT2D eigenvalue weighted by molar-refractivity contribution is 7.10. The van der Waals surface area contributed by atoms with E-state index in [2.05, 4.69) is 5.32 Å². The summed E-state index contributed by atoms with van der Waals surface area (Å²) in [6, 6.07) is 12.5. The summed E-state index contributed by atoms with van der Waals surface area (Å²) in [5.74, 6) is -1.26. The van der Waals surface area contributed by atoms with Gasteiger partial charge in [0, 0.05) is 11.0 Å². The van der Waals surface area contributed by atoms with Crippen LogP contribution in [0.1, 0.15) is 17.4 Å². The SMILES string of the molecule is CC(=O)[C@H](Cc1ccccc1)NC(=O)COC(=O)/C=C/c1cccs1. The summed E-state index contributed by atoms with van der Waals surface area (Å²) >= 11 is 1.49. The number of hydrogen-bond donors (Lipinski definition) is 1. The number of carbonyl (C=O) groups excluding carboxylic acids is 3. The van der Waals surface area contributed by atoms with Crippen molar-refractivity contribution in [1.82, 2.24) is 5.32 Å². The van der Waals surface area contributed by atoms with Crippen molar-refractivity contribution >= 4 is 35.1 Å². The van der Waals surface area contributed by atoms with Crippen LogP contribution in [-0.4, -0.2) is 30.3 Å². The van der Waals surface area contributed by atoms with Gasteiger partial charge in [-0.15, -0.1) is 11.3 Å². The Hall–Kier alpha value is -2.73. The van der Waals surface area contributed by atoms with E-state index in [0.29, 0.717) is 6.42 Å². The average molecular weight is 357 g/mol. The van der Waals surface area contributed by atoms with Gasteiger partial charge in [0.05, 0.1) is 6.04 Å². The monoisotopic (exact) mass is 357 g/mol. The van der Waals surface area contributed by atoms with Gasteiger partial charge < -0.3 is 10.1 Å². The molecule has 25 heavy (non-hydrogen) atoms. The Labute approximate surface area is 150 Å². The van der Waals surface area contributed by atoms with Gasteiger partial charge >= 0.3 is 5.97 Å². The van der Waals surface area contributed by atoms with Crippen LogP contribution in [0.2, 0.25) is 0 Å². The van der Waals surface area contributed by atoms with E-state index < -0.39 is 24.5 Å². The first-order chi connectivity index (χ1) is 12.0. The quantitative estimate of drug-likeness (QED) is 0.582. The van der Waals surface area contributed by atoms with Crippen molar-refractivity contribution in [2.24, 2.45) is 0 Å². The van der Waals surface area contributed by atoms with Gasteiger partial charge in [-0.2, -0.15) is 0 Å². The van der Waals surface area contributed by atoms with Crippen LogP contribution in [0.3, 0.4) is 0 Å². The van der Waals surface area contributed by atoms with Crippen LogP contribution in [0.4, 0.5) is 0 Å². The molecule has 0 aliphatic heterocycles. The molecule has 1 amide bonds. The smallest absolute Gasteiger partial charge is 0.331 e. The number of thiophene rings is 1. The maximum atomic E-state index is 11.9. The number of ether oxygens (including phenoxy) is 1. The molecule has 2 aromatic rings. The molecule has 0 fully saturated rings. The van der Waals surface area contributed by atoms with Crippen molar-refractivity contribution in [2.45, 2.75) is 19.4 Å². The van der Waals surface area contributed by atoms with E-state index in [1.165, 1.54) is 24.3 Å². The van der Waals surface area contributed by atoms with Gasteiger partial charge in [-0.05, 0) is 36.4 Å². The summed E-state index contributed by atoms with van der Waals surface area (Å²) in [6.45, 7) is 0.996. The molecule has 0 saturated heterocycles. The van der Waals surface area contributed by atoms with Gasteiger partial charge in [-0.1, -0.05) is 36.4 Å². The molecule has 0 bridgehead atoms. The van der Waals surface area contributed by atoms with Crippen molar-refractivity contribution in [1.29, 1.82) is 0 Å². The minimum atomic E-state index is -0.643. The molecule has 0 radical (unpaired) electrons. The minimum absolute atomic E-state index is 0.152. The predicted molar refractivity (Wildman–Crippen MR) is 97.1 cm³/mol. The molecule has 0 unspecified atom stereocenters. The average Bonchev–Trinajstić information content (AvgIpc) is 3.12. The van der Waals surface area contributed by atoms with E-state index in [0.717, 1.165) is 10.4 Å². The fraction of sp³-hybridized carbons (Fsp3) is 0.211. The van der Waals surface area contributed by atoms with Crippen LogP contribution >= 0.6 is 11.3 Å². The summed E-state index contributed by atoms with van der Waals surface area (Å²) in [6.07, 6.45) is 3.29. The van der Waals surface area contributed by atoms with Gasteiger partial charge in [-0.25, -0.2) is 4.79 Å². The highest BCUT2D eigenvalue weighted by Gasteiger charge is 2.18. The van der Waals surface area contributed by atoms with Crippen molar-refractivity contribution in [2.75, 3.05) is 6.61 Å². The second-order valence-corrected chi connectivity index (χ2v) is 6.36. The molecule has 130 valence electrons. The summed E-state index contributed by atoms with van der Waals surface area (Å²) in [5, 5.41) is 4.50. The number of benzene rings is 1. The van der Waals surface area contributed by atoms with Gasteiger partial charge in [0.25, 0.3) is 5.91 Å². The highest BCUT2D eigenvalue weighted by atomic mass is 32.1. The Bertz CT molecular complexity index is 738. The van der Waals surface area contributed by atoms with E-state index in [1.54, 1.807) is 6.08 Å². The molecule has 0 aliphatic rings. The van der Waals surface area contributed by atoms with Crippen LogP contribution in [0.5, 0.6) is 0 Å². The number of ketones is 1. The lowest BCUT2D eigenvalue weighted by Gasteiger charge is -2.16. The molecule has 2 rings (SSSR count). The van der Waals surface area contributed by atoms with Gasteiger partial charge in [-0.3, -0.25) is 9.59 Å². The first-order valence-electron chi connectivity index (χ1n) is 7.76. The Kier molecular flexibility index (Phi) is 7.10. The van der Waals surface area contributed by atoms with E-state index in [1.807, 2.05) is 47.8 Å². The molecule has 1 N–H and O–H groups in total. The van der Waals surface area contributed by atoms with Crippen molar-refractivity contribution in [3.05, 3.63) is 64.4 Å². The maximum absolute atomic E-state index is 11.9. The predicted octanol–water partition coefficient (Wildman–Crippen LogP) is 2.62. The number of carbonyl (C=O) groups is 3. The zero-order valence-electron chi connectivity index (χ0n) is 13.8. The fourth-order valence-electron chi connectivity index (χ4n) is 2.10. The Morgan fingerprint density at radius 1 is 1.16 bits per heavy atom. The lowest BCUT2D eigenvalue weighted by molar-refractivity contribution is -0.144. The zero-order valence-corrected chi connectivity index (χ0v) is 14.6. The fourth-order valence-corrected chi connectivity index (χ4v) is 2.72. The lowest BCUT2D eigenvalue weighted by atomic mass is 10.0. The molecule has 0 aliphatic carbocycles. The second-order valence-electron chi connectivity index (χ2n) is 5.38. The van der Waals surface area contributed by atoms with Gasteiger partial charge in [0.1, 0.15) is 0 Å². The molecular formula is C19H19NO4S.